The van der Waals surface area contributed by atoms with Gasteiger partial charge in [0.15, 0.2) is 9.34 Å². The lowest BCUT2D eigenvalue weighted by atomic mass is 10.0. The lowest BCUT2D eigenvalue weighted by Gasteiger charge is -2.25. The molecule has 1 aliphatic heterocycles. The van der Waals surface area contributed by atoms with Gasteiger partial charge in [0.05, 0.1) is 6.20 Å². The van der Waals surface area contributed by atoms with Crippen molar-refractivity contribution in [1.29, 1.82) is 0 Å². The van der Waals surface area contributed by atoms with Crippen molar-refractivity contribution in [3.63, 3.8) is 0 Å². The third-order valence-corrected chi connectivity index (χ3v) is 8.82. The summed E-state index contributed by atoms with van der Waals surface area (Å²) in [6.45, 7) is 0.000688. The monoisotopic (exact) mass is 522 g/mol. The van der Waals surface area contributed by atoms with E-state index in [-0.39, 0.29) is 40.4 Å². The predicted molar refractivity (Wildman–Crippen MR) is 128 cm³/mol. The third kappa shape index (κ3) is 4.76. The Balaban J connectivity index is 1.54. The van der Waals surface area contributed by atoms with Crippen LogP contribution in [0.4, 0.5) is 15.3 Å². The fourth-order valence-electron chi connectivity index (χ4n) is 3.93. The molecular formula is C21H23FN6O5S2. The standard InChI is InChI=1S/C21H23FN6O5S2/c1-27(2)21-25-10-16(34-21)35(32,33)26-14-6-8-28(19(14)29)15(20(30)31)9-11-3-4-13-12(17(11)22)5-7-24-18(13)23/h3-5,7,10,14-15,26H,6,8-9H2,1-2H3,(H2,23,24)(H,30,31). The summed E-state index contributed by atoms with van der Waals surface area (Å²) in [5, 5.41) is 10.9. The number of likely N-dealkylation sites (tertiary alicyclic amines) is 1. The quantitative estimate of drug-likeness (QED) is 0.393. The van der Waals surface area contributed by atoms with Crippen LogP contribution in [0.1, 0.15) is 12.0 Å². The highest BCUT2D eigenvalue weighted by Gasteiger charge is 2.41. The number of sulfonamides is 1. The van der Waals surface area contributed by atoms with Gasteiger partial charge in [0.2, 0.25) is 5.91 Å². The third-order valence-electron chi connectivity index (χ3n) is 5.72. The van der Waals surface area contributed by atoms with Crippen LogP contribution >= 0.6 is 11.3 Å². The second-order valence-corrected chi connectivity index (χ2v) is 11.2. The molecule has 1 amide bonds. The number of thiazole rings is 1. The van der Waals surface area contributed by atoms with Crippen LogP contribution in [0.3, 0.4) is 0 Å². The Morgan fingerprint density at radius 1 is 1.34 bits per heavy atom. The van der Waals surface area contributed by atoms with Gasteiger partial charge in [0.25, 0.3) is 10.0 Å². The van der Waals surface area contributed by atoms with Gasteiger partial charge in [-0.15, -0.1) is 0 Å². The molecule has 1 fully saturated rings. The molecule has 4 N–H and O–H groups in total. The molecule has 11 nitrogen and oxygen atoms in total. The zero-order chi connectivity index (χ0) is 25.5. The number of aliphatic carboxylic acids is 1. The average Bonchev–Trinajstić information content (AvgIpc) is 3.42. The zero-order valence-corrected chi connectivity index (χ0v) is 20.4. The number of carbonyl (C=O) groups is 2. The van der Waals surface area contributed by atoms with Crippen LogP contribution in [0.15, 0.2) is 34.8 Å². The summed E-state index contributed by atoms with van der Waals surface area (Å²) in [4.78, 5) is 35.7. The van der Waals surface area contributed by atoms with Crippen LogP contribution in [-0.2, 0) is 26.0 Å². The molecule has 4 rings (SSSR count). The van der Waals surface area contributed by atoms with E-state index in [2.05, 4.69) is 14.7 Å². The molecular weight excluding hydrogens is 499 g/mol. The van der Waals surface area contributed by atoms with Crippen molar-refractivity contribution in [3.8, 4) is 0 Å². The number of hydrogen-bond acceptors (Lipinski definition) is 9. The fourth-order valence-corrected chi connectivity index (χ4v) is 6.21. The molecule has 14 heteroatoms. The molecule has 1 aliphatic rings. The van der Waals surface area contributed by atoms with Crippen LogP contribution < -0.4 is 15.4 Å². The lowest BCUT2D eigenvalue weighted by molar-refractivity contribution is -0.148. The van der Waals surface area contributed by atoms with Gasteiger partial charge in [0, 0.05) is 44.0 Å². The van der Waals surface area contributed by atoms with Crippen LogP contribution in [0.25, 0.3) is 10.8 Å². The number of benzene rings is 1. The molecule has 2 aromatic heterocycles. The smallest absolute Gasteiger partial charge is 0.326 e. The zero-order valence-electron chi connectivity index (χ0n) is 18.8. The molecule has 3 aromatic rings. The van der Waals surface area contributed by atoms with E-state index in [1.807, 2.05) is 0 Å². The molecule has 1 aromatic carbocycles. The number of nitrogens with one attached hydrogen (secondary N) is 1. The van der Waals surface area contributed by atoms with Crippen molar-refractivity contribution in [2.24, 2.45) is 0 Å². The van der Waals surface area contributed by atoms with Gasteiger partial charge in [-0.2, -0.15) is 4.72 Å². The van der Waals surface area contributed by atoms with E-state index >= 15 is 4.39 Å². The minimum atomic E-state index is -4.05. The lowest BCUT2D eigenvalue weighted by Crippen LogP contribution is -2.48. The number of hydrogen-bond donors (Lipinski definition) is 3. The van der Waals surface area contributed by atoms with Crippen LogP contribution in [-0.4, -0.2) is 73.0 Å². The van der Waals surface area contributed by atoms with Crippen molar-refractivity contribution in [2.45, 2.75) is 29.1 Å². The number of carboxylic acid groups (broad SMARTS) is 1. The molecule has 0 bridgehead atoms. The molecule has 186 valence electrons. The molecule has 0 radical (unpaired) electrons. The number of nitrogens with two attached hydrogens (primary N) is 1. The first-order valence-corrected chi connectivity index (χ1v) is 12.8. The van der Waals surface area contributed by atoms with Crippen LogP contribution in [0.5, 0.6) is 0 Å². The summed E-state index contributed by atoms with van der Waals surface area (Å²) in [6.07, 6.45) is 2.32. The molecule has 35 heavy (non-hydrogen) atoms. The van der Waals surface area contributed by atoms with Gasteiger partial charge in [-0.25, -0.2) is 27.6 Å². The van der Waals surface area contributed by atoms with Crippen molar-refractivity contribution >= 4 is 55.0 Å². The summed E-state index contributed by atoms with van der Waals surface area (Å²) in [6, 6.07) is 1.88. The molecule has 2 unspecified atom stereocenters. The first kappa shape index (κ1) is 24.8. The van der Waals surface area contributed by atoms with E-state index in [4.69, 9.17) is 5.73 Å². The SMILES string of the molecule is CN(C)c1ncc(S(=O)(=O)NC2CCN(C(Cc3ccc4c(N)nccc4c3F)C(=O)O)C2=O)s1. The summed E-state index contributed by atoms with van der Waals surface area (Å²) >= 11 is 0.940. The highest BCUT2D eigenvalue weighted by Crippen LogP contribution is 2.28. The number of nitrogens with zero attached hydrogens (tertiary/aromatic N) is 4. The Morgan fingerprint density at radius 3 is 2.74 bits per heavy atom. The predicted octanol–water partition coefficient (Wildman–Crippen LogP) is 1.05. The molecule has 3 heterocycles. The second-order valence-electron chi connectivity index (χ2n) is 8.24. The number of rotatable bonds is 8. The Morgan fingerprint density at radius 2 is 2.09 bits per heavy atom. The van der Waals surface area contributed by atoms with Crippen molar-refractivity contribution in [3.05, 3.63) is 42.0 Å². The first-order valence-electron chi connectivity index (χ1n) is 10.5. The maximum atomic E-state index is 15.1. The Kier molecular flexibility index (Phi) is 6.62. The largest absolute Gasteiger partial charge is 0.480 e. The number of carbonyl (C=O) groups excluding carboxylic acids is 1. The van der Waals surface area contributed by atoms with Crippen LogP contribution in [0.2, 0.25) is 0 Å². The summed E-state index contributed by atoms with van der Waals surface area (Å²) in [5.41, 5.74) is 5.87. The second kappa shape index (κ2) is 9.36. The van der Waals surface area contributed by atoms with Crippen molar-refractivity contribution in [2.75, 3.05) is 31.3 Å². The number of halogens is 1. The molecule has 0 spiro atoms. The maximum Gasteiger partial charge on any atom is 0.326 e. The van der Waals surface area contributed by atoms with Gasteiger partial charge in [-0.1, -0.05) is 23.5 Å². The molecule has 0 aliphatic carbocycles. The normalized spacial score (nSPS) is 17.2. The van der Waals surface area contributed by atoms with E-state index in [9.17, 15) is 23.1 Å². The van der Waals surface area contributed by atoms with E-state index in [0.29, 0.717) is 10.5 Å². The van der Waals surface area contributed by atoms with Gasteiger partial charge < -0.3 is 20.6 Å². The summed E-state index contributed by atoms with van der Waals surface area (Å²) in [7, 11) is -0.607. The van der Waals surface area contributed by atoms with E-state index < -0.39 is 39.8 Å². The van der Waals surface area contributed by atoms with E-state index in [1.54, 1.807) is 25.1 Å². The number of fused-ring (bicyclic) bond motifs is 1. The summed E-state index contributed by atoms with van der Waals surface area (Å²) in [5.74, 6) is -2.51. The Hall–Kier alpha value is -3.36. The minimum absolute atomic E-state index is 0.000688. The highest BCUT2D eigenvalue weighted by molar-refractivity contribution is 7.91. The van der Waals surface area contributed by atoms with E-state index in [0.717, 1.165) is 16.2 Å². The highest BCUT2D eigenvalue weighted by atomic mass is 32.2. The minimum Gasteiger partial charge on any atom is -0.480 e. The number of amides is 1. The fraction of sp³-hybridized carbons (Fsp3) is 0.333. The number of carboxylic acids is 1. The summed E-state index contributed by atoms with van der Waals surface area (Å²) < 4.78 is 42.9. The van der Waals surface area contributed by atoms with Crippen LogP contribution in [0, 0.1) is 5.82 Å². The van der Waals surface area contributed by atoms with Gasteiger partial charge >= 0.3 is 5.97 Å². The average molecular weight is 523 g/mol. The number of nitrogen functional groups attached to an aromatic ring is 1. The Labute approximate surface area is 204 Å². The van der Waals surface area contributed by atoms with Gasteiger partial charge in [-0.05, 0) is 18.1 Å². The molecule has 0 saturated carbocycles. The van der Waals surface area contributed by atoms with Crippen molar-refractivity contribution in [1.82, 2.24) is 19.6 Å². The number of anilines is 2. The molecule has 1 saturated heterocycles. The molecule has 2 atom stereocenters. The number of aromatic nitrogens is 2. The van der Waals surface area contributed by atoms with Crippen molar-refractivity contribution < 1.29 is 27.5 Å². The van der Waals surface area contributed by atoms with Gasteiger partial charge in [-0.3, -0.25) is 4.79 Å². The first-order chi connectivity index (χ1) is 16.5. The topological polar surface area (TPSA) is 159 Å². The Bertz CT molecular complexity index is 1410. The van der Waals surface area contributed by atoms with Gasteiger partial charge in [0.1, 0.15) is 23.7 Å². The number of pyridine rings is 1. The maximum absolute atomic E-state index is 15.1. The van der Waals surface area contributed by atoms with E-state index in [1.165, 1.54) is 24.5 Å².